The SMILES string of the molecule is CC(N)C1(C)CCN(c2cnc3c(-c4cc(N)ccc4Cl)n[nH]c3n2)CC1. The number of halogens is 1. The van der Waals surface area contributed by atoms with E-state index >= 15 is 0 Å². The quantitative estimate of drug-likeness (QED) is 0.597. The van der Waals surface area contributed by atoms with Crippen LogP contribution in [0, 0.1) is 5.41 Å². The molecule has 0 amide bonds. The zero-order valence-electron chi connectivity index (χ0n) is 15.5. The lowest BCUT2D eigenvalue weighted by Gasteiger charge is -2.42. The number of rotatable bonds is 3. The summed E-state index contributed by atoms with van der Waals surface area (Å²) in [5.74, 6) is 0.850. The Kier molecular flexibility index (Phi) is 4.44. The van der Waals surface area contributed by atoms with Gasteiger partial charge in [-0.05, 0) is 43.4 Å². The first-order valence-corrected chi connectivity index (χ1v) is 9.52. The molecule has 0 saturated carbocycles. The van der Waals surface area contributed by atoms with Gasteiger partial charge in [0.2, 0.25) is 0 Å². The maximum absolute atomic E-state index is 6.32. The van der Waals surface area contributed by atoms with Crippen LogP contribution in [0.5, 0.6) is 0 Å². The number of nitrogens with one attached hydrogen (secondary N) is 1. The van der Waals surface area contributed by atoms with E-state index in [4.69, 9.17) is 28.1 Å². The van der Waals surface area contributed by atoms with Crippen molar-refractivity contribution in [1.82, 2.24) is 20.2 Å². The van der Waals surface area contributed by atoms with E-state index in [1.807, 2.05) is 0 Å². The smallest absolute Gasteiger partial charge is 0.177 e. The lowest BCUT2D eigenvalue weighted by Crippen LogP contribution is -2.47. The molecule has 2 aromatic heterocycles. The molecule has 5 N–H and O–H groups in total. The molecule has 1 aliphatic heterocycles. The molecule has 7 nitrogen and oxygen atoms in total. The highest BCUT2D eigenvalue weighted by molar-refractivity contribution is 6.33. The van der Waals surface area contributed by atoms with E-state index in [2.05, 4.69) is 33.9 Å². The van der Waals surface area contributed by atoms with Gasteiger partial charge < -0.3 is 16.4 Å². The van der Waals surface area contributed by atoms with Gasteiger partial charge in [0, 0.05) is 30.4 Å². The molecule has 1 unspecified atom stereocenters. The van der Waals surface area contributed by atoms with Gasteiger partial charge in [-0.3, -0.25) is 5.10 Å². The molecule has 0 radical (unpaired) electrons. The number of aromatic nitrogens is 4. The molecule has 1 fully saturated rings. The third kappa shape index (κ3) is 3.21. The van der Waals surface area contributed by atoms with Crippen molar-refractivity contribution in [1.29, 1.82) is 0 Å². The Morgan fingerprint density at radius 2 is 2.04 bits per heavy atom. The first-order valence-electron chi connectivity index (χ1n) is 9.14. The van der Waals surface area contributed by atoms with Crippen LogP contribution in [0.4, 0.5) is 11.5 Å². The van der Waals surface area contributed by atoms with E-state index in [-0.39, 0.29) is 11.5 Å². The normalized spacial score (nSPS) is 18.0. The highest BCUT2D eigenvalue weighted by atomic mass is 35.5. The van der Waals surface area contributed by atoms with Gasteiger partial charge in [0.05, 0.1) is 11.2 Å². The minimum atomic E-state index is 0.180. The van der Waals surface area contributed by atoms with Crippen LogP contribution in [0.25, 0.3) is 22.4 Å². The second kappa shape index (κ2) is 6.65. The summed E-state index contributed by atoms with van der Waals surface area (Å²) in [5.41, 5.74) is 15.6. The predicted molar refractivity (Wildman–Crippen MR) is 110 cm³/mol. The fourth-order valence-corrected chi connectivity index (χ4v) is 3.77. The number of nitrogens with two attached hydrogens (primary N) is 2. The van der Waals surface area contributed by atoms with Crippen molar-refractivity contribution in [2.75, 3.05) is 23.7 Å². The van der Waals surface area contributed by atoms with E-state index < -0.39 is 0 Å². The van der Waals surface area contributed by atoms with Gasteiger partial charge in [-0.25, -0.2) is 9.97 Å². The number of aromatic amines is 1. The summed E-state index contributed by atoms with van der Waals surface area (Å²) < 4.78 is 0. The highest BCUT2D eigenvalue weighted by Gasteiger charge is 2.33. The van der Waals surface area contributed by atoms with Crippen molar-refractivity contribution in [3.63, 3.8) is 0 Å². The monoisotopic (exact) mass is 385 g/mol. The second-order valence-electron chi connectivity index (χ2n) is 7.67. The van der Waals surface area contributed by atoms with Crippen LogP contribution in [0.3, 0.4) is 0 Å². The number of H-pyrrole nitrogens is 1. The van der Waals surface area contributed by atoms with Crippen molar-refractivity contribution in [3.8, 4) is 11.3 Å². The lowest BCUT2D eigenvalue weighted by atomic mass is 9.75. The third-order valence-corrected chi connectivity index (χ3v) is 6.16. The average Bonchev–Trinajstić information content (AvgIpc) is 3.07. The van der Waals surface area contributed by atoms with Crippen LogP contribution >= 0.6 is 11.6 Å². The van der Waals surface area contributed by atoms with E-state index in [1.165, 1.54) is 0 Å². The van der Waals surface area contributed by atoms with Gasteiger partial charge in [0.1, 0.15) is 17.0 Å². The standard InChI is InChI=1S/C19H24ClN7/c1-11(21)19(2)5-7-27(8-6-19)15-10-23-17-16(25-26-18(17)24-15)13-9-12(22)3-4-14(13)20/h3-4,9-11H,5-8,21-22H2,1-2H3,(H,24,25,26). The van der Waals surface area contributed by atoms with E-state index in [0.717, 1.165) is 37.3 Å². The van der Waals surface area contributed by atoms with Crippen molar-refractivity contribution in [2.45, 2.75) is 32.7 Å². The number of hydrogen-bond acceptors (Lipinski definition) is 6. The average molecular weight is 386 g/mol. The zero-order valence-corrected chi connectivity index (χ0v) is 16.3. The van der Waals surface area contributed by atoms with Gasteiger partial charge in [0.25, 0.3) is 0 Å². The molecule has 0 aliphatic carbocycles. The topological polar surface area (TPSA) is 110 Å². The fourth-order valence-electron chi connectivity index (χ4n) is 3.56. The summed E-state index contributed by atoms with van der Waals surface area (Å²) >= 11 is 6.32. The molecule has 27 heavy (non-hydrogen) atoms. The van der Waals surface area contributed by atoms with Gasteiger partial charge >= 0.3 is 0 Å². The maximum Gasteiger partial charge on any atom is 0.177 e. The number of nitrogens with zero attached hydrogens (tertiary/aromatic N) is 4. The number of hydrogen-bond donors (Lipinski definition) is 3. The van der Waals surface area contributed by atoms with Crippen molar-refractivity contribution >= 4 is 34.3 Å². The molecular weight excluding hydrogens is 362 g/mol. The number of anilines is 2. The minimum Gasteiger partial charge on any atom is -0.399 e. The summed E-state index contributed by atoms with van der Waals surface area (Å²) in [7, 11) is 0. The molecule has 3 heterocycles. The zero-order chi connectivity index (χ0) is 19.2. The summed E-state index contributed by atoms with van der Waals surface area (Å²) in [4.78, 5) is 11.6. The second-order valence-corrected chi connectivity index (χ2v) is 8.07. The first-order chi connectivity index (χ1) is 12.9. The number of benzene rings is 1. The Morgan fingerprint density at radius 1 is 1.30 bits per heavy atom. The van der Waals surface area contributed by atoms with Gasteiger partial charge in [-0.15, -0.1) is 0 Å². The number of piperidine rings is 1. The van der Waals surface area contributed by atoms with Crippen LogP contribution in [-0.2, 0) is 0 Å². The highest BCUT2D eigenvalue weighted by Crippen LogP contribution is 2.36. The molecule has 4 rings (SSSR count). The van der Waals surface area contributed by atoms with Gasteiger partial charge in [-0.1, -0.05) is 18.5 Å². The minimum absolute atomic E-state index is 0.180. The third-order valence-electron chi connectivity index (χ3n) is 5.83. The molecule has 142 valence electrons. The Hall–Kier alpha value is -2.38. The molecule has 1 saturated heterocycles. The summed E-state index contributed by atoms with van der Waals surface area (Å²) in [6, 6.07) is 5.51. The van der Waals surface area contributed by atoms with Crippen LogP contribution in [0.2, 0.25) is 5.02 Å². The van der Waals surface area contributed by atoms with Crippen LogP contribution in [0.1, 0.15) is 26.7 Å². The van der Waals surface area contributed by atoms with E-state index in [9.17, 15) is 0 Å². The summed E-state index contributed by atoms with van der Waals surface area (Å²) in [6.07, 6.45) is 3.88. The molecule has 1 atom stereocenters. The fraction of sp³-hybridized carbons (Fsp3) is 0.421. The van der Waals surface area contributed by atoms with E-state index in [1.54, 1.807) is 24.4 Å². The molecule has 1 aromatic carbocycles. The Balaban J connectivity index is 1.63. The molecule has 3 aromatic rings. The van der Waals surface area contributed by atoms with Gasteiger partial charge in [-0.2, -0.15) is 5.10 Å². The van der Waals surface area contributed by atoms with Crippen LogP contribution < -0.4 is 16.4 Å². The lowest BCUT2D eigenvalue weighted by molar-refractivity contribution is 0.205. The Bertz CT molecular complexity index is 973. The van der Waals surface area contributed by atoms with Crippen molar-refractivity contribution < 1.29 is 0 Å². The molecule has 1 aliphatic rings. The Labute approximate surface area is 163 Å². The summed E-state index contributed by atoms with van der Waals surface area (Å²) in [5, 5.41) is 7.93. The van der Waals surface area contributed by atoms with Crippen LogP contribution in [-0.4, -0.2) is 39.3 Å². The maximum atomic E-state index is 6.32. The predicted octanol–water partition coefficient (Wildman–Crippen LogP) is 3.21. The first kappa shape index (κ1) is 18.0. The largest absolute Gasteiger partial charge is 0.399 e. The Morgan fingerprint density at radius 3 is 2.74 bits per heavy atom. The molecule has 8 heteroatoms. The van der Waals surface area contributed by atoms with Gasteiger partial charge in [0.15, 0.2) is 5.65 Å². The molecule has 0 spiro atoms. The van der Waals surface area contributed by atoms with E-state index in [0.29, 0.717) is 27.6 Å². The molecular formula is C19H24ClN7. The van der Waals surface area contributed by atoms with Crippen LogP contribution in [0.15, 0.2) is 24.4 Å². The number of fused-ring (bicyclic) bond motifs is 1. The van der Waals surface area contributed by atoms with Crippen molar-refractivity contribution in [3.05, 3.63) is 29.4 Å². The van der Waals surface area contributed by atoms with Crippen molar-refractivity contribution in [2.24, 2.45) is 11.1 Å². The molecule has 0 bridgehead atoms. The number of nitrogen functional groups attached to an aromatic ring is 1. The summed E-state index contributed by atoms with van der Waals surface area (Å²) in [6.45, 7) is 6.19.